The number of carbonyl (C=O) groups is 1. The third-order valence-electron chi connectivity index (χ3n) is 1.85. The number of unbranched alkanes of at least 4 members (excludes halogenated alkanes) is 2. The molecule has 0 aromatic carbocycles. The normalized spacial score (nSPS) is 13.1. The Bertz CT molecular complexity index is 178. The maximum atomic E-state index is 10.8. The third kappa shape index (κ3) is 8.30. The van der Waals surface area contributed by atoms with E-state index in [4.69, 9.17) is 4.74 Å². The highest BCUT2D eigenvalue weighted by atomic mass is 79.9. The molecule has 2 nitrogen and oxygen atoms in total. The number of alkyl halides is 1. The average molecular weight is 263 g/mol. The zero-order valence-corrected chi connectivity index (χ0v) is 10.5. The van der Waals surface area contributed by atoms with Crippen LogP contribution >= 0.6 is 15.9 Å². The van der Waals surface area contributed by atoms with Crippen LogP contribution in [0.15, 0.2) is 12.2 Å². The highest BCUT2D eigenvalue weighted by molar-refractivity contribution is 9.09. The van der Waals surface area contributed by atoms with E-state index < -0.39 is 0 Å². The highest BCUT2D eigenvalue weighted by Gasteiger charge is 2.06. The minimum absolute atomic E-state index is 0.0448. The van der Waals surface area contributed by atoms with Gasteiger partial charge in [0.05, 0.1) is 0 Å². The summed E-state index contributed by atoms with van der Waals surface area (Å²) in [7, 11) is 0. The van der Waals surface area contributed by atoms with Crippen LogP contribution in [0.5, 0.6) is 0 Å². The minimum atomic E-state index is -0.203. The summed E-state index contributed by atoms with van der Waals surface area (Å²) in [4.78, 5) is 10.8. The fraction of sp³-hybridized carbons (Fsp3) is 0.727. The molecular formula is C11H19BrO2. The van der Waals surface area contributed by atoms with E-state index >= 15 is 0 Å². The van der Waals surface area contributed by atoms with Crippen molar-refractivity contribution in [3.8, 4) is 0 Å². The molecule has 0 radical (unpaired) electrons. The van der Waals surface area contributed by atoms with Crippen molar-refractivity contribution in [3.63, 3.8) is 0 Å². The van der Waals surface area contributed by atoms with Crippen LogP contribution in [0.3, 0.4) is 0 Å². The van der Waals surface area contributed by atoms with Crippen molar-refractivity contribution in [2.75, 3.05) is 5.33 Å². The van der Waals surface area contributed by atoms with Gasteiger partial charge in [0, 0.05) is 12.3 Å². The van der Waals surface area contributed by atoms with Crippen molar-refractivity contribution < 1.29 is 9.53 Å². The Hall–Kier alpha value is -0.310. The molecular weight excluding hydrogens is 244 g/mol. The molecule has 1 atom stereocenters. The first-order valence-corrected chi connectivity index (χ1v) is 6.22. The largest absolute Gasteiger partial charge is 0.458 e. The van der Waals surface area contributed by atoms with Crippen molar-refractivity contribution in [3.05, 3.63) is 12.2 Å². The molecule has 0 bridgehead atoms. The smallest absolute Gasteiger partial charge is 0.303 e. The fourth-order valence-electron chi connectivity index (χ4n) is 1.21. The van der Waals surface area contributed by atoms with E-state index in [1.165, 1.54) is 19.8 Å². The molecule has 0 rings (SSSR count). The topological polar surface area (TPSA) is 26.3 Å². The van der Waals surface area contributed by atoms with Crippen LogP contribution in [-0.4, -0.2) is 17.4 Å². The molecule has 0 N–H and O–H groups in total. The molecule has 0 aliphatic heterocycles. The Morgan fingerprint density at radius 1 is 1.50 bits per heavy atom. The number of esters is 1. The van der Waals surface area contributed by atoms with Crippen molar-refractivity contribution in [1.29, 1.82) is 0 Å². The van der Waals surface area contributed by atoms with Gasteiger partial charge in [-0.2, -0.15) is 0 Å². The maximum Gasteiger partial charge on any atom is 0.303 e. The first kappa shape index (κ1) is 13.7. The minimum Gasteiger partial charge on any atom is -0.458 e. The van der Waals surface area contributed by atoms with E-state index in [0.717, 1.165) is 18.2 Å². The summed E-state index contributed by atoms with van der Waals surface area (Å²) in [6, 6.07) is 0. The van der Waals surface area contributed by atoms with Crippen molar-refractivity contribution in [2.45, 2.75) is 45.6 Å². The lowest BCUT2D eigenvalue weighted by atomic mass is 10.1. The molecule has 0 aromatic rings. The van der Waals surface area contributed by atoms with Crippen LogP contribution in [0.1, 0.15) is 39.5 Å². The number of hydrogen-bond acceptors (Lipinski definition) is 2. The maximum absolute atomic E-state index is 10.8. The number of ether oxygens (including phenoxy) is 1. The third-order valence-corrected chi connectivity index (χ3v) is 2.22. The van der Waals surface area contributed by atoms with Crippen molar-refractivity contribution >= 4 is 21.9 Å². The summed E-state index contributed by atoms with van der Waals surface area (Å²) in [5, 5.41) is 0.804. The molecule has 0 aliphatic rings. The molecule has 0 unspecified atom stereocenters. The number of rotatable bonds is 7. The first-order chi connectivity index (χ1) is 6.70. The van der Waals surface area contributed by atoms with Crippen LogP contribution in [0.2, 0.25) is 0 Å². The molecule has 0 saturated heterocycles. The predicted octanol–water partition coefficient (Wildman–Crippen LogP) is 3.45. The van der Waals surface area contributed by atoms with Crippen molar-refractivity contribution in [2.24, 2.45) is 0 Å². The molecule has 3 heteroatoms. The van der Waals surface area contributed by atoms with Gasteiger partial charge in [-0.15, -0.1) is 0 Å². The number of hydrogen-bond donors (Lipinski definition) is 0. The highest BCUT2D eigenvalue weighted by Crippen LogP contribution is 2.08. The van der Waals surface area contributed by atoms with Crippen LogP contribution in [0, 0.1) is 0 Å². The lowest BCUT2D eigenvalue weighted by molar-refractivity contribution is -0.144. The Morgan fingerprint density at radius 3 is 2.71 bits per heavy atom. The fourth-order valence-corrected chi connectivity index (χ4v) is 1.42. The lowest BCUT2D eigenvalue weighted by Crippen LogP contribution is -2.13. The van der Waals surface area contributed by atoms with Gasteiger partial charge in [-0.3, -0.25) is 4.79 Å². The molecule has 0 saturated carbocycles. The van der Waals surface area contributed by atoms with E-state index in [9.17, 15) is 4.79 Å². The lowest BCUT2D eigenvalue weighted by Gasteiger charge is -2.12. The monoisotopic (exact) mass is 262 g/mol. The molecule has 0 aliphatic carbocycles. The Balaban J connectivity index is 3.84. The molecule has 82 valence electrons. The van der Waals surface area contributed by atoms with Gasteiger partial charge in [0.25, 0.3) is 0 Å². The van der Waals surface area contributed by atoms with Crippen LogP contribution < -0.4 is 0 Å². The molecule has 0 aromatic heterocycles. The molecule has 0 heterocycles. The zero-order valence-electron chi connectivity index (χ0n) is 8.96. The number of halogens is 1. The van der Waals surface area contributed by atoms with Gasteiger partial charge >= 0.3 is 5.97 Å². The molecule has 0 fully saturated rings. The summed E-state index contributed by atoms with van der Waals surface area (Å²) >= 11 is 3.30. The Labute approximate surface area is 94.8 Å². The zero-order chi connectivity index (χ0) is 10.8. The van der Waals surface area contributed by atoms with Gasteiger partial charge in [-0.1, -0.05) is 41.8 Å². The molecule has 0 spiro atoms. The average Bonchev–Trinajstić information content (AvgIpc) is 2.13. The SMILES string of the molecule is CCCCC[C@H](/C=C/CBr)OC(C)=O. The van der Waals surface area contributed by atoms with Gasteiger partial charge in [-0.05, 0) is 18.9 Å². The Kier molecular flexibility index (Phi) is 9.05. The second-order valence-corrected chi connectivity index (χ2v) is 3.87. The second kappa shape index (κ2) is 9.25. The van der Waals surface area contributed by atoms with Gasteiger partial charge in [0.2, 0.25) is 0 Å². The van der Waals surface area contributed by atoms with E-state index in [2.05, 4.69) is 22.9 Å². The van der Waals surface area contributed by atoms with E-state index in [1.54, 1.807) is 0 Å². The van der Waals surface area contributed by atoms with E-state index in [1.807, 2.05) is 12.2 Å². The van der Waals surface area contributed by atoms with Crippen molar-refractivity contribution in [1.82, 2.24) is 0 Å². The summed E-state index contributed by atoms with van der Waals surface area (Å²) in [6.45, 7) is 3.62. The molecule has 14 heavy (non-hydrogen) atoms. The van der Waals surface area contributed by atoms with Gasteiger partial charge < -0.3 is 4.74 Å². The summed E-state index contributed by atoms with van der Waals surface area (Å²) < 4.78 is 5.15. The second-order valence-electron chi connectivity index (χ2n) is 3.23. The van der Waals surface area contributed by atoms with E-state index in [0.29, 0.717) is 0 Å². The summed E-state index contributed by atoms with van der Waals surface area (Å²) in [5.74, 6) is -0.203. The van der Waals surface area contributed by atoms with Crippen LogP contribution in [0.4, 0.5) is 0 Å². The van der Waals surface area contributed by atoms with Gasteiger partial charge in [-0.25, -0.2) is 0 Å². The predicted molar refractivity (Wildman–Crippen MR) is 62.6 cm³/mol. The van der Waals surface area contributed by atoms with Crippen LogP contribution in [-0.2, 0) is 9.53 Å². The summed E-state index contributed by atoms with van der Waals surface area (Å²) in [6.07, 6.45) is 8.30. The standard InChI is InChI=1S/C11H19BrO2/c1-3-4-5-7-11(8-6-9-12)14-10(2)13/h6,8,11H,3-5,7,9H2,1-2H3/b8-6+/t11-/m1/s1. The van der Waals surface area contributed by atoms with Crippen LogP contribution in [0.25, 0.3) is 0 Å². The Morgan fingerprint density at radius 2 is 2.21 bits per heavy atom. The molecule has 0 amide bonds. The van der Waals surface area contributed by atoms with Gasteiger partial charge in [0.15, 0.2) is 0 Å². The quantitative estimate of drug-likeness (QED) is 0.304. The summed E-state index contributed by atoms with van der Waals surface area (Å²) in [5.41, 5.74) is 0. The van der Waals surface area contributed by atoms with E-state index in [-0.39, 0.29) is 12.1 Å². The first-order valence-electron chi connectivity index (χ1n) is 5.10. The number of carbonyl (C=O) groups excluding carboxylic acids is 1. The van der Waals surface area contributed by atoms with Gasteiger partial charge in [0.1, 0.15) is 6.10 Å². The number of allylic oxidation sites excluding steroid dienone is 1.